The Bertz CT molecular complexity index is 1010. The second-order valence-corrected chi connectivity index (χ2v) is 9.25. The number of para-hydroxylation sites is 1. The quantitative estimate of drug-likeness (QED) is 0.586. The molecule has 2 N–H and O–H groups in total. The number of benzene rings is 2. The van der Waals surface area contributed by atoms with E-state index < -0.39 is 17.9 Å². The van der Waals surface area contributed by atoms with Gasteiger partial charge in [-0.05, 0) is 36.5 Å². The summed E-state index contributed by atoms with van der Waals surface area (Å²) in [5.41, 5.74) is 2.61. The van der Waals surface area contributed by atoms with Gasteiger partial charge >= 0.3 is 5.97 Å². The molecular weight excluding hydrogens is 440 g/mol. The van der Waals surface area contributed by atoms with Crippen LogP contribution in [0.5, 0.6) is 0 Å². The van der Waals surface area contributed by atoms with E-state index in [1.165, 1.54) is 11.8 Å². The monoisotopic (exact) mass is 468 g/mol. The average molecular weight is 469 g/mol. The first-order chi connectivity index (χ1) is 15.8. The minimum Gasteiger partial charge on any atom is -0.481 e. The van der Waals surface area contributed by atoms with Gasteiger partial charge in [0.05, 0.1) is 12.3 Å². The van der Waals surface area contributed by atoms with Gasteiger partial charge in [-0.2, -0.15) is 0 Å². The van der Waals surface area contributed by atoms with E-state index >= 15 is 0 Å². The zero-order chi connectivity index (χ0) is 23.8. The molecule has 0 aromatic heterocycles. The van der Waals surface area contributed by atoms with E-state index in [1.807, 2.05) is 48.5 Å². The third kappa shape index (κ3) is 6.92. The predicted octanol–water partition coefficient (Wildman–Crippen LogP) is 3.06. The van der Waals surface area contributed by atoms with Crippen LogP contribution in [0.1, 0.15) is 30.9 Å². The number of aryl methyl sites for hydroxylation is 1. The molecule has 3 rings (SSSR count). The first kappa shape index (κ1) is 24.5. The number of fused-ring (bicyclic) bond motifs is 1. The van der Waals surface area contributed by atoms with Gasteiger partial charge in [-0.15, -0.1) is 0 Å². The lowest BCUT2D eigenvalue weighted by Crippen LogP contribution is -2.50. The van der Waals surface area contributed by atoms with Gasteiger partial charge in [-0.3, -0.25) is 19.2 Å². The van der Waals surface area contributed by atoms with Crippen LogP contribution in [0.2, 0.25) is 0 Å². The van der Waals surface area contributed by atoms with Crippen molar-refractivity contribution in [2.24, 2.45) is 5.92 Å². The predicted molar refractivity (Wildman–Crippen MR) is 128 cm³/mol. The third-order valence-electron chi connectivity index (χ3n) is 5.60. The van der Waals surface area contributed by atoms with Crippen molar-refractivity contribution in [2.45, 2.75) is 38.6 Å². The number of carbonyl (C=O) groups excluding carboxylic acids is 3. The summed E-state index contributed by atoms with van der Waals surface area (Å²) in [4.78, 5) is 50.8. The molecule has 0 fully saturated rings. The van der Waals surface area contributed by atoms with Crippen LogP contribution in [0, 0.1) is 5.92 Å². The molecule has 33 heavy (non-hydrogen) atoms. The van der Waals surface area contributed by atoms with Crippen molar-refractivity contribution in [3.8, 4) is 0 Å². The zero-order valence-corrected chi connectivity index (χ0v) is 19.3. The summed E-state index contributed by atoms with van der Waals surface area (Å²) in [6, 6.07) is 16.2. The van der Waals surface area contributed by atoms with Crippen LogP contribution in [-0.2, 0) is 32.0 Å². The molecule has 0 spiro atoms. The molecule has 0 aliphatic carbocycles. The van der Waals surface area contributed by atoms with Crippen molar-refractivity contribution in [1.82, 2.24) is 5.32 Å². The topological polar surface area (TPSA) is 104 Å². The largest absolute Gasteiger partial charge is 0.481 e. The van der Waals surface area contributed by atoms with Gasteiger partial charge in [0.1, 0.15) is 6.04 Å². The maximum atomic E-state index is 13.4. The molecule has 7 nitrogen and oxygen atoms in total. The van der Waals surface area contributed by atoms with E-state index in [0.29, 0.717) is 30.7 Å². The number of carbonyl (C=O) groups is 4. The van der Waals surface area contributed by atoms with E-state index in [9.17, 15) is 19.2 Å². The first-order valence-electron chi connectivity index (χ1n) is 10.9. The Balaban J connectivity index is 1.78. The molecule has 2 aromatic carbocycles. The summed E-state index contributed by atoms with van der Waals surface area (Å²) >= 11 is 1.10. The van der Waals surface area contributed by atoms with Crippen LogP contribution in [0.3, 0.4) is 0 Å². The number of carboxylic acid groups (broad SMARTS) is 1. The fraction of sp³-hybridized carbons (Fsp3) is 0.360. The van der Waals surface area contributed by atoms with Crippen LogP contribution in [-0.4, -0.2) is 46.3 Å². The SMILES string of the molecule is CC(=O)SCC(Cc1ccccc1)C(=O)N[C@H]1CCc2ccccc2N(CCC(=O)O)C1=O. The molecule has 2 amide bonds. The number of amides is 2. The van der Waals surface area contributed by atoms with Crippen molar-refractivity contribution < 1.29 is 24.3 Å². The van der Waals surface area contributed by atoms with Crippen molar-refractivity contribution >= 4 is 40.3 Å². The summed E-state index contributed by atoms with van der Waals surface area (Å²) in [5, 5.41) is 12.0. The zero-order valence-electron chi connectivity index (χ0n) is 18.5. The summed E-state index contributed by atoms with van der Waals surface area (Å²) in [6.45, 7) is 1.50. The molecule has 1 unspecified atom stereocenters. The standard InChI is InChI=1S/C25H28N2O5S/c1-17(28)33-16-20(15-18-7-3-2-4-8-18)24(31)26-21-12-11-19-9-5-6-10-22(19)27(25(21)32)14-13-23(29)30/h2-10,20-21H,11-16H2,1H3,(H,26,31)(H,29,30)/t20?,21-/m0/s1. The van der Waals surface area contributed by atoms with Crippen LogP contribution in [0.4, 0.5) is 5.69 Å². The van der Waals surface area contributed by atoms with Crippen molar-refractivity contribution in [1.29, 1.82) is 0 Å². The molecule has 0 radical (unpaired) electrons. The van der Waals surface area contributed by atoms with Crippen molar-refractivity contribution in [2.75, 3.05) is 17.2 Å². The number of hydrogen-bond donors (Lipinski definition) is 2. The highest BCUT2D eigenvalue weighted by molar-refractivity contribution is 8.13. The Morgan fingerprint density at radius 1 is 1.12 bits per heavy atom. The number of thioether (sulfide) groups is 1. The minimum atomic E-state index is -0.991. The summed E-state index contributed by atoms with van der Waals surface area (Å²) in [5.74, 6) is -1.75. The molecule has 2 aromatic rings. The van der Waals surface area contributed by atoms with Gasteiger partial charge in [0.15, 0.2) is 5.12 Å². The van der Waals surface area contributed by atoms with Gasteiger partial charge in [0.2, 0.25) is 11.8 Å². The summed E-state index contributed by atoms with van der Waals surface area (Å²) in [7, 11) is 0. The smallest absolute Gasteiger partial charge is 0.305 e. The van der Waals surface area contributed by atoms with Gasteiger partial charge in [0, 0.05) is 24.9 Å². The number of hydrogen-bond acceptors (Lipinski definition) is 5. The molecule has 0 saturated carbocycles. The molecular formula is C25H28N2O5S. The van der Waals surface area contributed by atoms with Gasteiger partial charge < -0.3 is 15.3 Å². The van der Waals surface area contributed by atoms with Crippen LogP contribution >= 0.6 is 11.8 Å². The summed E-state index contributed by atoms with van der Waals surface area (Å²) in [6.07, 6.45) is 1.27. The first-order valence-corrected chi connectivity index (χ1v) is 11.9. The fourth-order valence-electron chi connectivity index (χ4n) is 3.92. The number of rotatable bonds is 9. The number of carboxylic acids is 1. The number of nitrogens with zero attached hydrogens (tertiary/aromatic N) is 1. The lowest BCUT2D eigenvalue weighted by Gasteiger charge is -2.27. The second kappa shape index (κ2) is 11.7. The molecule has 1 aliphatic heterocycles. The van der Waals surface area contributed by atoms with E-state index in [-0.39, 0.29) is 29.9 Å². The van der Waals surface area contributed by atoms with E-state index in [0.717, 1.165) is 22.9 Å². The summed E-state index contributed by atoms with van der Waals surface area (Å²) < 4.78 is 0. The van der Waals surface area contributed by atoms with E-state index in [4.69, 9.17) is 5.11 Å². The molecule has 0 saturated heterocycles. The number of aliphatic carboxylic acids is 1. The lowest BCUT2D eigenvalue weighted by molar-refractivity contribution is -0.137. The second-order valence-electron chi connectivity index (χ2n) is 8.05. The van der Waals surface area contributed by atoms with Crippen LogP contribution in [0.25, 0.3) is 0 Å². The highest BCUT2D eigenvalue weighted by atomic mass is 32.2. The highest BCUT2D eigenvalue weighted by Crippen LogP contribution is 2.27. The Kier molecular flexibility index (Phi) is 8.65. The molecule has 1 heterocycles. The van der Waals surface area contributed by atoms with Gasteiger partial charge in [0.25, 0.3) is 0 Å². The molecule has 1 aliphatic rings. The van der Waals surface area contributed by atoms with E-state index in [1.54, 1.807) is 6.07 Å². The Labute approximate surface area is 197 Å². The minimum absolute atomic E-state index is 0.0329. The number of anilines is 1. The molecule has 8 heteroatoms. The average Bonchev–Trinajstić information content (AvgIpc) is 2.92. The van der Waals surface area contributed by atoms with Gasteiger partial charge in [-0.1, -0.05) is 60.3 Å². The van der Waals surface area contributed by atoms with Crippen molar-refractivity contribution in [3.05, 3.63) is 65.7 Å². The van der Waals surface area contributed by atoms with Crippen LogP contribution < -0.4 is 10.2 Å². The van der Waals surface area contributed by atoms with Gasteiger partial charge in [-0.25, -0.2) is 0 Å². The Hall–Kier alpha value is -3.13. The maximum Gasteiger partial charge on any atom is 0.305 e. The normalized spacial score (nSPS) is 16.5. The molecule has 174 valence electrons. The maximum absolute atomic E-state index is 13.4. The van der Waals surface area contributed by atoms with Crippen molar-refractivity contribution in [3.63, 3.8) is 0 Å². The molecule has 2 atom stereocenters. The Morgan fingerprint density at radius 3 is 2.52 bits per heavy atom. The fourth-order valence-corrected chi connectivity index (χ4v) is 4.63. The Morgan fingerprint density at radius 2 is 1.82 bits per heavy atom. The van der Waals surface area contributed by atoms with Crippen LogP contribution in [0.15, 0.2) is 54.6 Å². The molecule has 0 bridgehead atoms. The highest BCUT2D eigenvalue weighted by Gasteiger charge is 2.33. The van der Waals surface area contributed by atoms with E-state index in [2.05, 4.69) is 5.32 Å². The third-order valence-corrected chi connectivity index (χ3v) is 6.57. The lowest BCUT2D eigenvalue weighted by atomic mass is 9.99. The number of nitrogens with one attached hydrogen (secondary N) is 1.